The topological polar surface area (TPSA) is 37.3 Å². The Kier molecular flexibility index (Phi) is 1.49. The van der Waals surface area contributed by atoms with E-state index in [0.717, 1.165) is 0 Å². The standard InChI is InChI=1S/C5H5BrO2/c6-5-3(7)1-2-4(5)8/h1-3,5,7H. The smallest absolute Gasteiger partial charge is 0.172 e. The van der Waals surface area contributed by atoms with Crippen molar-refractivity contribution in [3.8, 4) is 0 Å². The van der Waals surface area contributed by atoms with Gasteiger partial charge in [0, 0.05) is 0 Å². The number of halogens is 1. The quantitative estimate of drug-likeness (QED) is 0.538. The Balaban J connectivity index is 2.69. The molecule has 0 heterocycles. The lowest BCUT2D eigenvalue weighted by Crippen LogP contribution is -2.18. The van der Waals surface area contributed by atoms with Crippen LogP contribution in [0.2, 0.25) is 0 Å². The van der Waals surface area contributed by atoms with E-state index in [1.165, 1.54) is 12.2 Å². The van der Waals surface area contributed by atoms with E-state index in [1.54, 1.807) is 0 Å². The number of hydrogen-bond donors (Lipinski definition) is 1. The first-order valence-corrected chi connectivity index (χ1v) is 3.17. The van der Waals surface area contributed by atoms with E-state index in [0.29, 0.717) is 0 Å². The van der Waals surface area contributed by atoms with Crippen LogP contribution >= 0.6 is 15.9 Å². The molecule has 8 heavy (non-hydrogen) atoms. The van der Waals surface area contributed by atoms with Gasteiger partial charge in [0.05, 0.1) is 6.10 Å². The summed E-state index contributed by atoms with van der Waals surface area (Å²) in [6, 6.07) is 0. The van der Waals surface area contributed by atoms with Gasteiger partial charge in [0.25, 0.3) is 0 Å². The Morgan fingerprint density at radius 3 is 2.50 bits per heavy atom. The zero-order valence-corrected chi connectivity index (χ0v) is 5.63. The summed E-state index contributed by atoms with van der Waals surface area (Å²) >= 11 is 3.01. The molecule has 0 fully saturated rings. The van der Waals surface area contributed by atoms with Gasteiger partial charge >= 0.3 is 0 Å². The van der Waals surface area contributed by atoms with Crippen LogP contribution in [-0.4, -0.2) is 21.8 Å². The molecule has 3 heteroatoms. The summed E-state index contributed by atoms with van der Waals surface area (Å²) in [6.07, 6.45) is 2.23. The summed E-state index contributed by atoms with van der Waals surface area (Å²) in [5.74, 6) is -0.0579. The van der Waals surface area contributed by atoms with Gasteiger partial charge in [-0.05, 0) is 6.08 Å². The van der Waals surface area contributed by atoms with E-state index >= 15 is 0 Å². The molecular formula is C5H5BrO2. The summed E-state index contributed by atoms with van der Waals surface area (Å²) in [7, 11) is 0. The molecule has 0 radical (unpaired) electrons. The summed E-state index contributed by atoms with van der Waals surface area (Å²) < 4.78 is 0. The molecule has 0 saturated carbocycles. The maximum absolute atomic E-state index is 10.5. The maximum Gasteiger partial charge on any atom is 0.172 e. The molecule has 44 valence electrons. The van der Waals surface area contributed by atoms with E-state index in [2.05, 4.69) is 15.9 Å². The highest BCUT2D eigenvalue weighted by Crippen LogP contribution is 2.14. The lowest BCUT2D eigenvalue weighted by Gasteiger charge is -2.00. The fourth-order valence-corrected chi connectivity index (χ4v) is 0.880. The number of ketones is 1. The van der Waals surface area contributed by atoms with Gasteiger partial charge in [-0.25, -0.2) is 0 Å². The average molecular weight is 177 g/mol. The van der Waals surface area contributed by atoms with Crippen molar-refractivity contribution in [3.63, 3.8) is 0 Å². The van der Waals surface area contributed by atoms with E-state index in [-0.39, 0.29) is 5.78 Å². The van der Waals surface area contributed by atoms with Crippen LogP contribution in [0.5, 0.6) is 0 Å². The molecule has 1 rings (SSSR count). The maximum atomic E-state index is 10.5. The van der Waals surface area contributed by atoms with Crippen molar-refractivity contribution in [1.82, 2.24) is 0 Å². The van der Waals surface area contributed by atoms with Crippen LogP contribution in [-0.2, 0) is 4.79 Å². The predicted molar refractivity (Wildman–Crippen MR) is 32.9 cm³/mol. The number of rotatable bonds is 0. The van der Waals surface area contributed by atoms with Crippen molar-refractivity contribution in [2.24, 2.45) is 0 Å². The van der Waals surface area contributed by atoms with Gasteiger partial charge in [0.15, 0.2) is 5.78 Å². The third-order valence-electron chi connectivity index (χ3n) is 1.03. The summed E-state index contributed by atoms with van der Waals surface area (Å²) in [6.45, 7) is 0. The average Bonchev–Trinajstić information content (AvgIpc) is 1.98. The number of carbonyl (C=O) groups is 1. The monoisotopic (exact) mass is 176 g/mol. The molecule has 0 amide bonds. The summed E-state index contributed by atoms with van der Waals surface area (Å²) in [5.41, 5.74) is 0. The molecule has 0 saturated heterocycles. The summed E-state index contributed by atoms with van der Waals surface area (Å²) in [5, 5.41) is 8.81. The summed E-state index contributed by atoms with van der Waals surface area (Å²) in [4.78, 5) is 10.1. The minimum absolute atomic E-state index is 0.0579. The SMILES string of the molecule is O=C1C=CC(O)C1Br. The first-order chi connectivity index (χ1) is 3.72. The van der Waals surface area contributed by atoms with Crippen molar-refractivity contribution in [1.29, 1.82) is 0 Å². The first kappa shape index (κ1) is 5.98. The van der Waals surface area contributed by atoms with Crippen molar-refractivity contribution >= 4 is 21.7 Å². The molecule has 2 unspecified atom stereocenters. The Labute approximate surface area is 55.3 Å². The largest absolute Gasteiger partial charge is 0.387 e. The Morgan fingerprint density at radius 1 is 1.75 bits per heavy atom. The predicted octanol–water partition coefficient (Wildman–Crippen LogP) is 0.250. The van der Waals surface area contributed by atoms with Crippen LogP contribution in [0, 0.1) is 0 Å². The van der Waals surface area contributed by atoms with E-state index in [9.17, 15) is 4.79 Å². The van der Waals surface area contributed by atoms with Crippen LogP contribution in [0.15, 0.2) is 12.2 Å². The molecule has 0 aromatic rings. The van der Waals surface area contributed by atoms with Crippen LogP contribution in [0.1, 0.15) is 0 Å². The fourth-order valence-electron chi connectivity index (χ4n) is 0.551. The van der Waals surface area contributed by atoms with Crippen LogP contribution in [0.25, 0.3) is 0 Å². The highest BCUT2D eigenvalue weighted by Gasteiger charge is 2.24. The molecule has 0 aromatic carbocycles. The number of hydrogen-bond acceptors (Lipinski definition) is 2. The van der Waals surface area contributed by atoms with Crippen molar-refractivity contribution in [2.45, 2.75) is 10.9 Å². The van der Waals surface area contributed by atoms with E-state index in [1.807, 2.05) is 0 Å². The number of alkyl halides is 1. The van der Waals surface area contributed by atoms with Gasteiger partial charge in [0.1, 0.15) is 4.83 Å². The normalized spacial score (nSPS) is 36.5. The second-order valence-corrected chi connectivity index (χ2v) is 2.64. The lowest BCUT2D eigenvalue weighted by molar-refractivity contribution is -0.114. The highest BCUT2D eigenvalue weighted by molar-refractivity contribution is 9.10. The number of carbonyl (C=O) groups excluding carboxylic acids is 1. The molecule has 2 atom stereocenters. The highest BCUT2D eigenvalue weighted by atomic mass is 79.9. The zero-order chi connectivity index (χ0) is 6.15. The molecule has 0 spiro atoms. The minimum Gasteiger partial charge on any atom is -0.387 e. The molecular weight excluding hydrogens is 172 g/mol. The molecule has 0 aromatic heterocycles. The lowest BCUT2D eigenvalue weighted by atomic mass is 10.3. The van der Waals surface area contributed by atoms with Gasteiger partial charge in [-0.1, -0.05) is 22.0 Å². The van der Waals surface area contributed by atoms with Crippen molar-refractivity contribution < 1.29 is 9.90 Å². The molecule has 1 N–H and O–H groups in total. The van der Waals surface area contributed by atoms with E-state index < -0.39 is 10.9 Å². The van der Waals surface area contributed by atoms with Gasteiger partial charge in [-0.2, -0.15) is 0 Å². The fraction of sp³-hybridized carbons (Fsp3) is 0.400. The van der Waals surface area contributed by atoms with Crippen molar-refractivity contribution in [3.05, 3.63) is 12.2 Å². The van der Waals surface area contributed by atoms with Crippen LogP contribution < -0.4 is 0 Å². The third kappa shape index (κ3) is 0.833. The second-order valence-electron chi connectivity index (χ2n) is 1.65. The van der Waals surface area contributed by atoms with Crippen LogP contribution in [0.4, 0.5) is 0 Å². The molecule has 0 bridgehead atoms. The Morgan fingerprint density at radius 2 is 2.38 bits per heavy atom. The first-order valence-electron chi connectivity index (χ1n) is 2.26. The van der Waals surface area contributed by atoms with Crippen LogP contribution in [0.3, 0.4) is 0 Å². The van der Waals surface area contributed by atoms with Crippen molar-refractivity contribution in [2.75, 3.05) is 0 Å². The molecule has 2 nitrogen and oxygen atoms in total. The Bertz CT molecular complexity index is 141. The number of aliphatic hydroxyl groups excluding tert-OH is 1. The number of allylic oxidation sites excluding steroid dienone is 1. The van der Waals surface area contributed by atoms with Gasteiger partial charge < -0.3 is 5.11 Å². The van der Waals surface area contributed by atoms with Gasteiger partial charge in [0.2, 0.25) is 0 Å². The number of aliphatic hydroxyl groups is 1. The second kappa shape index (κ2) is 1.99. The third-order valence-corrected chi connectivity index (χ3v) is 2.02. The van der Waals surface area contributed by atoms with Gasteiger partial charge in [-0.3, -0.25) is 4.79 Å². The van der Waals surface area contributed by atoms with Gasteiger partial charge in [-0.15, -0.1) is 0 Å². The van der Waals surface area contributed by atoms with E-state index in [4.69, 9.17) is 5.11 Å². The molecule has 0 aliphatic heterocycles. The zero-order valence-electron chi connectivity index (χ0n) is 4.04. The Hall–Kier alpha value is -0.150. The minimum atomic E-state index is -0.623. The molecule has 1 aliphatic rings. The molecule has 1 aliphatic carbocycles.